The van der Waals surface area contributed by atoms with Gasteiger partial charge in [0.1, 0.15) is 0 Å². The van der Waals surface area contributed by atoms with Gasteiger partial charge in [0.2, 0.25) is 5.91 Å². The van der Waals surface area contributed by atoms with E-state index in [1.165, 1.54) is 11.1 Å². The lowest BCUT2D eigenvalue weighted by atomic mass is 10.1. The highest BCUT2D eigenvalue weighted by molar-refractivity contribution is 5.88. The van der Waals surface area contributed by atoms with Crippen LogP contribution in [0.5, 0.6) is 0 Å². The van der Waals surface area contributed by atoms with Gasteiger partial charge in [-0.25, -0.2) is 0 Å². The number of rotatable bonds is 2. The molecule has 1 amide bonds. The maximum atomic E-state index is 11.7. The van der Waals surface area contributed by atoms with E-state index in [2.05, 4.69) is 5.32 Å². The van der Waals surface area contributed by atoms with Gasteiger partial charge in [0.05, 0.1) is 6.04 Å². The van der Waals surface area contributed by atoms with E-state index >= 15 is 0 Å². The van der Waals surface area contributed by atoms with Gasteiger partial charge in [-0.2, -0.15) is 0 Å². The average Bonchev–Trinajstić information content (AvgIpc) is 2.59. The quantitative estimate of drug-likeness (QED) is 0.605. The Morgan fingerprint density at radius 3 is 2.94 bits per heavy atom. The minimum Gasteiger partial charge on any atom is -0.399 e. The van der Waals surface area contributed by atoms with E-state index in [1.807, 2.05) is 32.0 Å². The fourth-order valence-corrected chi connectivity index (χ4v) is 2.26. The van der Waals surface area contributed by atoms with Crippen LogP contribution in [0.15, 0.2) is 29.8 Å². The number of carbonyl (C=O) groups is 1. The van der Waals surface area contributed by atoms with Crippen molar-refractivity contribution < 1.29 is 4.79 Å². The van der Waals surface area contributed by atoms with Crippen molar-refractivity contribution in [2.75, 3.05) is 5.73 Å². The van der Waals surface area contributed by atoms with Crippen LogP contribution >= 0.6 is 0 Å². The number of nitrogen functional groups attached to an aromatic ring is 1. The third kappa shape index (κ3) is 2.67. The molecule has 1 aromatic rings. The molecule has 3 nitrogen and oxygen atoms in total. The number of nitrogens with two attached hydrogens (primary N) is 1. The van der Waals surface area contributed by atoms with Crippen molar-refractivity contribution in [3.05, 3.63) is 41.0 Å². The van der Waals surface area contributed by atoms with Crippen LogP contribution in [0.2, 0.25) is 0 Å². The summed E-state index contributed by atoms with van der Waals surface area (Å²) in [6.07, 6.45) is 3.58. The summed E-state index contributed by atoms with van der Waals surface area (Å²) in [5, 5.41) is 3.03. The Morgan fingerprint density at radius 1 is 1.47 bits per heavy atom. The van der Waals surface area contributed by atoms with Gasteiger partial charge in [0.15, 0.2) is 0 Å². The summed E-state index contributed by atoms with van der Waals surface area (Å²) in [5.74, 6) is -0.0142. The van der Waals surface area contributed by atoms with Crippen molar-refractivity contribution >= 4 is 11.6 Å². The maximum absolute atomic E-state index is 11.7. The first kappa shape index (κ1) is 11.7. The lowest BCUT2D eigenvalue weighted by Crippen LogP contribution is -2.25. The Bertz CT molecular complexity index is 473. The number of fused-ring (bicyclic) bond motifs is 1. The summed E-state index contributed by atoms with van der Waals surface area (Å²) in [7, 11) is 0. The largest absolute Gasteiger partial charge is 0.399 e. The lowest BCUT2D eigenvalue weighted by molar-refractivity contribution is -0.117. The summed E-state index contributed by atoms with van der Waals surface area (Å²) in [6.45, 7) is 3.84. The number of carbonyl (C=O) groups excluding carboxylic acids is 1. The second-order valence-corrected chi connectivity index (χ2v) is 4.78. The summed E-state index contributed by atoms with van der Waals surface area (Å²) >= 11 is 0. The zero-order chi connectivity index (χ0) is 12.4. The van der Waals surface area contributed by atoms with Crippen molar-refractivity contribution in [1.82, 2.24) is 5.32 Å². The highest BCUT2D eigenvalue weighted by Crippen LogP contribution is 2.32. The second-order valence-electron chi connectivity index (χ2n) is 4.78. The van der Waals surface area contributed by atoms with Crippen molar-refractivity contribution in [3.8, 4) is 0 Å². The molecule has 2 rings (SSSR count). The van der Waals surface area contributed by atoms with E-state index in [9.17, 15) is 4.79 Å². The number of benzene rings is 1. The molecule has 0 bridgehead atoms. The smallest absolute Gasteiger partial charge is 0.244 e. The SMILES string of the molecule is CC(C)=CC(=O)NC1CCc2cc(N)ccc21. The molecule has 0 heterocycles. The summed E-state index contributed by atoms with van der Waals surface area (Å²) in [6, 6.07) is 6.05. The van der Waals surface area contributed by atoms with Crippen LogP contribution < -0.4 is 11.1 Å². The van der Waals surface area contributed by atoms with Gasteiger partial charge in [-0.05, 0) is 49.9 Å². The molecule has 1 aromatic carbocycles. The molecule has 17 heavy (non-hydrogen) atoms. The highest BCUT2D eigenvalue weighted by Gasteiger charge is 2.23. The van der Waals surface area contributed by atoms with E-state index in [0.29, 0.717) is 0 Å². The first-order valence-corrected chi connectivity index (χ1v) is 5.90. The topological polar surface area (TPSA) is 55.1 Å². The van der Waals surface area contributed by atoms with Gasteiger partial charge >= 0.3 is 0 Å². The Hall–Kier alpha value is -1.77. The summed E-state index contributed by atoms with van der Waals surface area (Å²) in [4.78, 5) is 11.7. The minimum atomic E-state index is -0.0142. The van der Waals surface area contributed by atoms with Crippen LogP contribution in [0, 0.1) is 0 Å². The van der Waals surface area contributed by atoms with Gasteiger partial charge in [0, 0.05) is 11.8 Å². The van der Waals surface area contributed by atoms with E-state index in [0.717, 1.165) is 24.1 Å². The van der Waals surface area contributed by atoms with Crippen LogP contribution in [0.4, 0.5) is 5.69 Å². The van der Waals surface area contributed by atoms with Gasteiger partial charge < -0.3 is 11.1 Å². The van der Waals surface area contributed by atoms with Crippen LogP contribution in [0.1, 0.15) is 37.4 Å². The van der Waals surface area contributed by atoms with Crippen LogP contribution in [0.3, 0.4) is 0 Å². The van der Waals surface area contributed by atoms with Crippen molar-refractivity contribution in [2.24, 2.45) is 0 Å². The maximum Gasteiger partial charge on any atom is 0.244 e. The molecule has 1 aliphatic carbocycles. The fraction of sp³-hybridized carbons (Fsp3) is 0.357. The van der Waals surface area contributed by atoms with Crippen molar-refractivity contribution in [3.63, 3.8) is 0 Å². The molecule has 0 fully saturated rings. The van der Waals surface area contributed by atoms with Gasteiger partial charge in [-0.3, -0.25) is 4.79 Å². The van der Waals surface area contributed by atoms with Crippen molar-refractivity contribution in [2.45, 2.75) is 32.7 Å². The standard InChI is InChI=1S/C14H18N2O/c1-9(2)7-14(17)16-13-6-3-10-8-11(15)4-5-12(10)13/h4-5,7-8,13H,3,6,15H2,1-2H3,(H,16,17). The first-order valence-electron chi connectivity index (χ1n) is 5.90. The Balaban J connectivity index is 2.12. The fourth-order valence-electron chi connectivity index (χ4n) is 2.26. The predicted molar refractivity (Wildman–Crippen MR) is 69.5 cm³/mol. The third-order valence-corrected chi connectivity index (χ3v) is 2.98. The molecule has 1 atom stereocenters. The molecule has 0 spiro atoms. The summed E-state index contributed by atoms with van der Waals surface area (Å²) < 4.78 is 0. The summed E-state index contributed by atoms with van der Waals surface area (Å²) in [5.41, 5.74) is 10.0. The number of hydrogen-bond acceptors (Lipinski definition) is 2. The first-order chi connectivity index (χ1) is 8.06. The number of nitrogens with one attached hydrogen (secondary N) is 1. The Kier molecular flexibility index (Phi) is 3.18. The average molecular weight is 230 g/mol. The molecule has 3 heteroatoms. The predicted octanol–water partition coefficient (Wildman–Crippen LogP) is 2.34. The molecule has 0 saturated heterocycles. The highest BCUT2D eigenvalue weighted by atomic mass is 16.1. The zero-order valence-corrected chi connectivity index (χ0v) is 10.3. The number of allylic oxidation sites excluding steroid dienone is 1. The number of aryl methyl sites for hydroxylation is 1. The van der Waals surface area contributed by atoms with E-state index < -0.39 is 0 Å². The van der Waals surface area contributed by atoms with Crippen LogP contribution in [-0.4, -0.2) is 5.91 Å². The third-order valence-electron chi connectivity index (χ3n) is 2.98. The Labute approximate surface area is 102 Å². The number of amides is 1. The zero-order valence-electron chi connectivity index (χ0n) is 10.3. The van der Waals surface area contributed by atoms with Crippen molar-refractivity contribution in [1.29, 1.82) is 0 Å². The van der Waals surface area contributed by atoms with Gasteiger partial charge in [0.25, 0.3) is 0 Å². The molecule has 1 aliphatic rings. The lowest BCUT2D eigenvalue weighted by Gasteiger charge is -2.13. The molecule has 3 N–H and O–H groups in total. The monoisotopic (exact) mass is 230 g/mol. The van der Waals surface area contributed by atoms with E-state index in [-0.39, 0.29) is 11.9 Å². The molecule has 0 saturated carbocycles. The molecule has 0 aliphatic heterocycles. The number of hydrogen-bond donors (Lipinski definition) is 2. The molecule has 0 radical (unpaired) electrons. The van der Waals surface area contributed by atoms with Gasteiger partial charge in [-0.1, -0.05) is 11.6 Å². The minimum absolute atomic E-state index is 0.0142. The van der Waals surface area contributed by atoms with Crippen LogP contribution in [0.25, 0.3) is 0 Å². The number of anilines is 1. The molecular formula is C14H18N2O. The normalized spacial score (nSPS) is 17.4. The Morgan fingerprint density at radius 2 is 2.24 bits per heavy atom. The molecule has 90 valence electrons. The van der Waals surface area contributed by atoms with E-state index in [1.54, 1.807) is 6.08 Å². The second kappa shape index (κ2) is 4.62. The van der Waals surface area contributed by atoms with Gasteiger partial charge in [-0.15, -0.1) is 0 Å². The molecular weight excluding hydrogens is 212 g/mol. The van der Waals surface area contributed by atoms with E-state index in [4.69, 9.17) is 5.73 Å². The molecule has 0 aromatic heterocycles. The molecule has 1 unspecified atom stereocenters. The van der Waals surface area contributed by atoms with Crippen LogP contribution in [-0.2, 0) is 11.2 Å².